The highest BCUT2D eigenvalue weighted by Crippen LogP contribution is 2.34. The van der Waals surface area contributed by atoms with Crippen molar-refractivity contribution >= 4 is 22.6 Å². The highest BCUT2D eigenvalue weighted by atomic mass is 35.5. The molecule has 1 aromatic carbocycles. The number of halogens is 2. The zero-order valence-corrected chi connectivity index (χ0v) is 13.4. The highest BCUT2D eigenvalue weighted by Gasteiger charge is 2.25. The topological polar surface area (TPSA) is 17.8 Å². The standard InChI is InChI=1S/C17H22ClFN2/c1-11-6-3-4-7-13(11)10-21-15-9-5-8-14(19)16(15)20-17(21)12(2)18/h5,8-9,11-13H,3-4,6-7,10H2,1-2H3. The van der Waals surface area contributed by atoms with Gasteiger partial charge in [-0.1, -0.05) is 32.3 Å². The summed E-state index contributed by atoms with van der Waals surface area (Å²) >= 11 is 6.28. The molecule has 1 heterocycles. The Morgan fingerprint density at radius 3 is 2.86 bits per heavy atom. The average Bonchev–Trinajstić information content (AvgIpc) is 2.82. The minimum atomic E-state index is -0.262. The molecule has 3 unspecified atom stereocenters. The zero-order valence-electron chi connectivity index (χ0n) is 12.6. The Balaban J connectivity index is 2.03. The second-order valence-corrected chi connectivity index (χ2v) is 6.98. The van der Waals surface area contributed by atoms with Gasteiger partial charge in [-0.3, -0.25) is 0 Å². The van der Waals surface area contributed by atoms with E-state index < -0.39 is 0 Å². The Morgan fingerprint density at radius 2 is 2.14 bits per heavy atom. The van der Waals surface area contributed by atoms with E-state index in [0.29, 0.717) is 17.4 Å². The molecule has 1 saturated carbocycles. The van der Waals surface area contributed by atoms with E-state index in [1.54, 1.807) is 6.07 Å². The number of aromatic nitrogens is 2. The molecule has 1 aromatic heterocycles. The van der Waals surface area contributed by atoms with Crippen LogP contribution in [0.15, 0.2) is 18.2 Å². The minimum absolute atomic E-state index is 0.212. The van der Waals surface area contributed by atoms with Crippen LogP contribution in [0.25, 0.3) is 11.0 Å². The molecule has 1 fully saturated rings. The molecule has 3 atom stereocenters. The second-order valence-electron chi connectivity index (χ2n) is 6.33. The van der Waals surface area contributed by atoms with E-state index >= 15 is 0 Å². The predicted molar refractivity (Wildman–Crippen MR) is 85.1 cm³/mol. The molecule has 21 heavy (non-hydrogen) atoms. The van der Waals surface area contributed by atoms with Gasteiger partial charge in [-0.05, 0) is 37.3 Å². The Labute approximate surface area is 130 Å². The van der Waals surface area contributed by atoms with Gasteiger partial charge in [-0.15, -0.1) is 11.6 Å². The number of imidazole rings is 1. The van der Waals surface area contributed by atoms with Gasteiger partial charge in [-0.25, -0.2) is 9.37 Å². The van der Waals surface area contributed by atoms with Crippen molar-refractivity contribution in [3.05, 3.63) is 29.8 Å². The Kier molecular flexibility index (Phi) is 4.21. The van der Waals surface area contributed by atoms with Crippen LogP contribution in [0.2, 0.25) is 0 Å². The van der Waals surface area contributed by atoms with Crippen LogP contribution in [0.5, 0.6) is 0 Å². The van der Waals surface area contributed by atoms with Gasteiger partial charge in [0.2, 0.25) is 0 Å². The lowest BCUT2D eigenvalue weighted by Gasteiger charge is -2.29. The van der Waals surface area contributed by atoms with Crippen molar-refractivity contribution in [2.45, 2.75) is 51.5 Å². The minimum Gasteiger partial charge on any atom is -0.326 e. The van der Waals surface area contributed by atoms with Crippen LogP contribution in [0, 0.1) is 17.7 Å². The number of fused-ring (bicyclic) bond motifs is 1. The Morgan fingerprint density at radius 1 is 1.38 bits per heavy atom. The number of rotatable bonds is 3. The van der Waals surface area contributed by atoms with Crippen LogP contribution in [0.3, 0.4) is 0 Å². The van der Waals surface area contributed by atoms with Crippen LogP contribution in [0.4, 0.5) is 4.39 Å². The Hall–Kier alpha value is -1.09. The van der Waals surface area contributed by atoms with Crippen molar-refractivity contribution < 1.29 is 4.39 Å². The predicted octanol–water partition coefficient (Wildman–Crippen LogP) is 5.30. The fourth-order valence-corrected chi connectivity index (χ4v) is 3.69. The van der Waals surface area contributed by atoms with Crippen molar-refractivity contribution in [3.63, 3.8) is 0 Å². The molecule has 0 saturated heterocycles. The van der Waals surface area contributed by atoms with Crippen molar-refractivity contribution in [3.8, 4) is 0 Å². The summed E-state index contributed by atoms with van der Waals surface area (Å²) in [7, 11) is 0. The second kappa shape index (κ2) is 5.96. The maximum Gasteiger partial charge on any atom is 0.151 e. The molecule has 114 valence electrons. The van der Waals surface area contributed by atoms with Crippen LogP contribution in [0.1, 0.15) is 50.7 Å². The fourth-order valence-electron chi connectivity index (χ4n) is 3.53. The summed E-state index contributed by atoms with van der Waals surface area (Å²) in [5.74, 6) is 1.87. The average molecular weight is 309 g/mol. The highest BCUT2D eigenvalue weighted by molar-refractivity contribution is 6.20. The van der Waals surface area contributed by atoms with Gasteiger partial charge in [-0.2, -0.15) is 0 Å². The van der Waals surface area contributed by atoms with Crippen molar-refractivity contribution in [1.82, 2.24) is 9.55 Å². The number of hydrogen-bond acceptors (Lipinski definition) is 1. The molecule has 0 amide bonds. The smallest absolute Gasteiger partial charge is 0.151 e. The maximum absolute atomic E-state index is 14.0. The van der Waals surface area contributed by atoms with Gasteiger partial charge in [0.15, 0.2) is 5.82 Å². The van der Waals surface area contributed by atoms with Crippen LogP contribution < -0.4 is 0 Å². The normalized spacial score (nSPS) is 24.4. The molecule has 3 rings (SSSR count). The first-order valence-corrected chi connectivity index (χ1v) is 8.30. The van der Waals surface area contributed by atoms with Gasteiger partial charge in [0.05, 0.1) is 10.9 Å². The van der Waals surface area contributed by atoms with Crippen LogP contribution in [-0.2, 0) is 6.54 Å². The van der Waals surface area contributed by atoms with E-state index in [2.05, 4.69) is 16.5 Å². The van der Waals surface area contributed by atoms with Gasteiger partial charge in [0, 0.05) is 6.54 Å². The van der Waals surface area contributed by atoms with E-state index in [1.165, 1.54) is 31.7 Å². The lowest BCUT2D eigenvalue weighted by Crippen LogP contribution is -2.23. The quantitative estimate of drug-likeness (QED) is 0.703. The van der Waals surface area contributed by atoms with E-state index in [4.69, 9.17) is 11.6 Å². The Bertz CT molecular complexity index is 635. The van der Waals surface area contributed by atoms with E-state index in [0.717, 1.165) is 17.9 Å². The van der Waals surface area contributed by atoms with Crippen molar-refractivity contribution in [2.24, 2.45) is 11.8 Å². The third kappa shape index (κ3) is 2.80. The molecular formula is C17H22ClFN2. The largest absolute Gasteiger partial charge is 0.326 e. The molecule has 0 aliphatic heterocycles. The van der Waals surface area contributed by atoms with Gasteiger partial charge >= 0.3 is 0 Å². The lowest BCUT2D eigenvalue weighted by molar-refractivity contribution is 0.228. The lowest BCUT2D eigenvalue weighted by atomic mass is 9.80. The summed E-state index contributed by atoms with van der Waals surface area (Å²) < 4.78 is 16.1. The van der Waals surface area contributed by atoms with Crippen molar-refractivity contribution in [2.75, 3.05) is 0 Å². The summed E-state index contributed by atoms with van der Waals surface area (Å²) in [6, 6.07) is 5.16. The summed E-state index contributed by atoms with van der Waals surface area (Å²) in [5.41, 5.74) is 1.32. The molecule has 0 N–H and O–H groups in total. The van der Waals surface area contributed by atoms with E-state index in [1.807, 2.05) is 13.0 Å². The molecule has 0 spiro atoms. The third-order valence-electron chi connectivity index (χ3n) is 4.82. The van der Waals surface area contributed by atoms with Crippen LogP contribution >= 0.6 is 11.6 Å². The number of alkyl halides is 1. The van der Waals surface area contributed by atoms with Gasteiger partial charge in [0.1, 0.15) is 11.3 Å². The SMILES string of the molecule is CC(Cl)c1nc2c(F)cccc2n1CC1CCCCC1C. The molecule has 0 bridgehead atoms. The molecule has 2 aromatic rings. The summed E-state index contributed by atoms with van der Waals surface area (Å²) in [6.07, 6.45) is 5.15. The summed E-state index contributed by atoms with van der Waals surface area (Å²) in [5, 5.41) is -0.212. The number of hydrogen-bond donors (Lipinski definition) is 0. The van der Waals surface area contributed by atoms with Gasteiger partial charge < -0.3 is 4.57 Å². The molecule has 1 aliphatic carbocycles. The summed E-state index contributed by atoms with van der Waals surface area (Å²) in [6.45, 7) is 5.13. The fraction of sp³-hybridized carbons (Fsp3) is 0.588. The third-order valence-corrected chi connectivity index (χ3v) is 5.02. The number of benzene rings is 1. The van der Waals surface area contributed by atoms with E-state index in [9.17, 15) is 4.39 Å². The van der Waals surface area contributed by atoms with Gasteiger partial charge in [0.25, 0.3) is 0 Å². The first-order chi connectivity index (χ1) is 10.1. The first-order valence-electron chi connectivity index (χ1n) is 7.86. The van der Waals surface area contributed by atoms with Crippen molar-refractivity contribution in [1.29, 1.82) is 0 Å². The molecule has 1 aliphatic rings. The number of nitrogens with zero attached hydrogens (tertiary/aromatic N) is 2. The maximum atomic E-state index is 14.0. The summed E-state index contributed by atoms with van der Waals surface area (Å²) in [4.78, 5) is 4.46. The molecular weight excluding hydrogens is 287 g/mol. The monoisotopic (exact) mass is 308 g/mol. The molecule has 2 nitrogen and oxygen atoms in total. The molecule has 4 heteroatoms. The zero-order chi connectivity index (χ0) is 15.0. The van der Waals surface area contributed by atoms with Crippen LogP contribution in [-0.4, -0.2) is 9.55 Å². The first kappa shape index (κ1) is 14.8. The van der Waals surface area contributed by atoms with E-state index in [-0.39, 0.29) is 11.2 Å². The molecule has 0 radical (unpaired) electrons. The number of para-hydroxylation sites is 1.